The van der Waals surface area contributed by atoms with Gasteiger partial charge in [-0.25, -0.2) is 4.79 Å². The van der Waals surface area contributed by atoms with E-state index in [-0.39, 0.29) is 5.17 Å². The zero-order valence-corrected chi connectivity index (χ0v) is 12.0. The minimum Gasteiger partial charge on any atom is -0.474 e. The molecule has 0 aromatic heterocycles. The van der Waals surface area contributed by atoms with Crippen molar-refractivity contribution in [2.24, 2.45) is 5.92 Å². The van der Waals surface area contributed by atoms with Crippen LogP contribution in [0.4, 0.5) is 10.5 Å². The number of hydrogen-bond donors (Lipinski definition) is 2. The van der Waals surface area contributed by atoms with Gasteiger partial charge < -0.3 is 20.1 Å². The highest BCUT2D eigenvalue weighted by Crippen LogP contribution is 2.17. The maximum absolute atomic E-state index is 11.5. The number of ether oxygens (including phenoxy) is 2. The number of methoxy groups -OCH3 is 1. The van der Waals surface area contributed by atoms with Gasteiger partial charge in [0.15, 0.2) is 0 Å². The lowest BCUT2D eigenvalue weighted by atomic mass is 10.2. The summed E-state index contributed by atoms with van der Waals surface area (Å²) in [6.07, 6.45) is -0.472. The second-order valence-corrected chi connectivity index (χ2v) is 4.68. The molecule has 1 amide bonds. The standard InChI is InChI=1S/C13H18N2O3S/c1-9(2)8-14-12(16)18-11-6-4-5-10(7-11)15-13(19)17-3/h4-7,9H,8H2,1-3H3,(H,14,16)(H,15,19). The number of carbonyl (C=O) groups is 1. The molecule has 5 nitrogen and oxygen atoms in total. The highest BCUT2D eigenvalue weighted by Gasteiger charge is 2.06. The average Bonchev–Trinajstić information content (AvgIpc) is 2.36. The van der Waals surface area contributed by atoms with E-state index in [9.17, 15) is 4.79 Å². The lowest BCUT2D eigenvalue weighted by molar-refractivity contribution is 0.199. The smallest absolute Gasteiger partial charge is 0.412 e. The van der Waals surface area contributed by atoms with E-state index in [4.69, 9.17) is 21.7 Å². The summed E-state index contributed by atoms with van der Waals surface area (Å²) in [4.78, 5) is 11.5. The fraction of sp³-hybridized carbons (Fsp3) is 0.385. The van der Waals surface area contributed by atoms with E-state index in [0.29, 0.717) is 23.9 Å². The van der Waals surface area contributed by atoms with Crippen molar-refractivity contribution in [2.45, 2.75) is 13.8 Å². The van der Waals surface area contributed by atoms with E-state index < -0.39 is 6.09 Å². The van der Waals surface area contributed by atoms with Crippen LogP contribution in [0.25, 0.3) is 0 Å². The second kappa shape index (κ2) is 7.58. The van der Waals surface area contributed by atoms with Gasteiger partial charge >= 0.3 is 6.09 Å². The molecule has 0 saturated carbocycles. The predicted molar refractivity (Wildman–Crippen MR) is 78.5 cm³/mol. The maximum Gasteiger partial charge on any atom is 0.412 e. The Morgan fingerprint density at radius 3 is 2.79 bits per heavy atom. The normalized spacial score (nSPS) is 9.89. The number of anilines is 1. The van der Waals surface area contributed by atoms with Crippen LogP contribution >= 0.6 is 12.2 Å². The largest absolute Gasteiger partial charge is 0.474 e. The monoisotopic (exact) mass is 282 g/mol. The summed E-state index contributed by atoms with van der Waals surface area (Å²) in [6.45, 7) is 4.59. The summed E-state index contributed by atoms with van der Waals surface area (Å²) in [5.41, 5.74) is 0.695. The van der Waals surface area contributed by atoms with Crippen molar-refractivity contribution in [1.29, 1.82) is 0 Å². The molecule has 0 aliphatic heterocycles. The van der Waals surface area contributed by atoms with Crippen LogP contribution in [-0.2, 0) is 4.74 Å². The van der Waals surface area contributed by atoms with Crippen LogP contribution < -0.4 is 15.4 Å². The van der Waals surface area contributed by atoms with Gasteiger partial charge in [0, 0.05) is 18.3 Å². The summed E-state index contributed by atoms with van der Waals surface area (Å²) in [7, 11) is 1.48. The molecule has 0 fully saturated rings. The first kappa shape index (κ1) is 15.2. The van der Waals surface area contributed by atoms with Gasteiger partial charge in [-0.15, -0.1) is 0 Å². The van der Waals surface area contributed by atoms with Crippen molar-refractivity contribution in [3.63, 3.8) is 0 Å². The number of hydrogen-bond acceptors (Lipinski definition) is 4. The molecule has 1 aromatic rings. The predicted octanol–water partition coefficient (Wildman–Crippen LogP) is 2.77. The van der Waals surface area contributed by atoms with Crippen molar-refractivity contribution >= 4 is 29.2 Å². The molecule has 2 N–H and O–H groups in total. The van der Waals surface area contributed by atoms with E-state index in [1.165, 1.54) is 7.11 Å². The molecule has 6 heteroatoms. The average molecular weight is 282 g/mol. The van der Waals surface area contributed by atoms with E-state index >= 15 is 0 Å². The Labute approximate surface area is 118 Å². The Kier molecular flexibility index (Phi) is 6.08. The minimum absolute atomic E-state index is 0.251. The van der Waals surface area contributed by atoms with Crippen LogP contribution in [0.2, 0.25) is 0 Å². The van der Waals surface area contributed by atoms with Gasteiger partial charge in [-0.2, -0.15) is 0 Å². The number of carbonyl (C=O) groups excluding carboxylic acids is 1. The summed E-state index contributed by atoms with van der Waals surface area (Å²) >= 11 is 4.89. The Hall–Kier alpha value is -1.82. The summed E-state index contributed by atoms with van der Waals surface area (Å²) in [6, 6.07) is 6.91. The maximum atomic E-state index is 11.5. The Morgan fingerprint density at radius 2 is 2.16 bits per heavy atom. The summed E-state index contributed by atoms with van der Waals surface area (Å²) in [5.74, 6) is 0.810. The Morgan fingerprint density at radius 1 is 1.42 bits per heavy atom. The van der Waals surface area contributed by atoms with Crippen LogP contribution in [0.1, 0.15) is 13.8 Å². The van der Waals surface area contributed by atoms with Crippen molar-refractivity contribution in [3.8, 4) is 5.75 Å². The summed E-state index contributed by atoms with van der Waals surface area (Å²) < 4.78 is 9.99. The Bertz CT molecular complexity index is 449. The molecular weight excluding hydrogens is 264 g/mol. The Balaban J connectivity index is 2.56. The second-order valence-electron chi connectivity index (χ2n) is 4.31. The van der Waals surface area contributed by atoms with Gasteiger partial charge in [0.25, 0.3) is 5.17 Å². The molecule has 0 bridgehead atoms. The van der Waals surface area contributed by atoms with Crippen LogP contribution in [0, 0.1) is 5.92 Å². The van der Waals surface area contributed by atoms with E-state index in [0.717, 1.165) is 0 Å². The lowest BCUT2D eigenvalue weighted by Gasteiger charge is -2.10. The molecule has 1 aromatic carbocycles. The third-order valence-corrected chi connectivity index (χ3v) is 2.40. The molecule has 0 aliphatic rings. The van der Waals surface area contributed by atoms with Crippen molar-refractivity contribution < 1.29 is 14.3 Å². The van der Waals surface area contributed by atoms with Crippen LogP contribution in [-0.4, -0.2) is 24.9 Å². The van der Waals surface area contributed by atoms with E-state index in [1.54, 1.807) is 24.3 Å². The molecular formula is C13H18N2O3S. The van der Waals surface area contributed by atoms with Gasteiger partial charge in [-0.1, -0.05) is 19.9 Å². The van der Waals surface area contributed by atoms with Gasteiger partial charge in [-0.05, 0) is 30.3 Å². The molecule has 0 heterocycles. The molecule has 0 atom stereocenters. The highest BCUT2D eigenvalue weighted by molar-refractivity contribution is 7.80. The van der Waals surface area contributed by atoms with Crippen LogP contribution in [0.3, 0.4) is 0 Å². The summed E-state index contributed by atoms with van der Waals surface area (Å²) in [5, 5.41) is 5.77. The van der Waals surface area contributed by atoms with Gasteiger partial charge in [0.05, 0.1) is 7.11 Å². The zero-order chi connectivity index (χ0) is 14.3. The number of nitrogens with one attached hydrogen (secondary N) is 2. The first-order valence-corrected chi connectivity index (χ1v) is 6.32. The molecule has 0 spiro atoms. The highest BCUT2D eigenvalue weighted by atomic mass is 32.1. The first-order valence-electron chi connectivity index (χ1n) is 5.92. The third-order valence-electron chi connectivity index (χ3n) is 2.13. The van der Waals surface area contributed by atoms with Crippen LogP contribution in [0.5, 0.6) is 5.75 Å². The molecule has 1 rings (SSSR count). The molecule has 0 radical (unpaired) electrons. The van der Waals surface area contributed by atoms with Crippen molar-refractivity contribution in [3.05, 3.63) is 24.3 Å². The quantitative estimate of drug-likeness (QED) is 0.832. The van der Waals surface area contributed by atoms with Gasteiger partial charge in [0.1, 0.15) is 5.75 Å². The van der Waals surface area contributed by atoms with Crippen molar-refractivity contribution in [2.75, 3.05) is 19.0 Å². The fourth-order valence-electron chi connectivity index (χ4n) is 1.24. The number of rotatable bonds is 4. The number of amides is 1. The van der Waals surface area contributed by atoms with Crippen LogP contribution in [0.15, 0.2) is 24.3 Å². The first-order chi connectivity index (χ1) is 9.01. The molecule has 0 unspecified atom stereocenters. The zero-order valence-electron chi connectivity index (χ0n) is 11.2. The van der Waals surface area contributed by atoms with Crippen molar-refractivity contribution in [1.82, 2.24) is 5.32 Å². The lowest BCUT2D eigenvalue weighted by Crippen LogP contribution is -2.30. The molecule has 19 heavy (non-hydrogen) atoms. The molecule has 104 valence electrons. The van der Waals surface area contributed by atoms with Gasteiger partial charge in [-0.3, -0.25) is 0 Å². The topological polar surface area (TPSA) is 59.6 Å². The third kappa shape index (κ3) is 6.05. The SMILES string of the molecule is COC(=S)Nc1cccc(OC(=O)NCC(C)C)c1. The van der Waals surface area contributed by atoms with E-state index in [2.05, 4.69) is 10.6 Å². The number of benzene rings is 1. The van der Waals surface area contributed by atoms with Gasteiger partial charge in [0.2, 0.25) is 0 Å². The molecule has 0 aliphatic carbocycles. The minimum atomic E-state index is -0.472. The molecule has 0 saturated heterocycles. The van der Waals surface area contributed by atoms with E-state index in [1.807, 2.05) is 13.8 Å². The fourth-order valence-corrected chi connectivity index (χ4v) is 1.35. The number of thiocarbonyl (C=S) groups is 1.